The van der Waals surface area contributed by atoms with Crippen molar-refractivity contribution in [3.8, 4) is 17.2 Å². The van der Waals surface area contributed by atoms with Crippen molar-refractivity contribution in [2.45, 2.75) is 6.42 Å². The van der Waals surface area contributed by atoms with E-state index in [1.54, 1.807) is 24.3 Å². The summed E-state index contributed by atoms with van der Waals surface area (Å²) in [5.41, 5.74) is 2.16. The Morgan fingerprint density at radius 1 is 1.09 bits per heavy atom. The number of carbonyl (C=O) groups is 1. The molecule has 1 aromatic heterocycles. The summed E-state index contributed by atoms with van der Waals surface area (Å²) in [7, 11) is 0. The summed E-state index contributed by atoms with van der Waals surface area (Å²) in [4.78, 5) is 15.0. The lowest BCUT2D eigenvalue weighted by Crippen LogP contribution is -2.02. The number of ether oxygens (including phenoxy) is 1. The van der Waals surface area contributed by atoms with Gasteiger partial charge in [-0.3, -0.25) is 4.79 Å². The average molecular weight is 328 g/mol. The zero-order valence-corrected chi connectivity index (χ0v) is 13.0. The quantitative estimate of drug-likeness (QED) is 0.628. The molecule has 0 aliphatic heterocycles. The van der Waals surface area contributed by atoms with Gasteiger partial charge in [0.2, 0.25) is 11.1 Å². The number of halogens is 1. The smallest absolute Gasteiger partial charge is 0.228 e. The van der Waals surface area contributed by atoms with Crippen molar-refractivity contribution < 1.29 is 13.9 Å². The van der Waals surface area contributed by atoms with Crippen LogP contribution in [-0.4, -0.2) is 17.9 Å². The van der Waals surface area contributed by atoms with Crippen LogP contribution in [0.2, 0.25) is 5.22 Å². The minimum Gasteiger partial charge on any atom is -0.493 e. The van der Waals surface area contributed by atoms with E-state index in [0.29, 0.717) is 35.9 Å². The molecule has 0 saturated heterocycles. The molecule has 4 nitrogen and oxygen atoms in total. The zero-order valence-electron chi connectivity index (χ0n) is 12.2. The van der Waals surface area contributed by atoms with Crippen molar-refractivity contribution >= 4 is 17.9 Å². The molecule has 2 aromatic carbocycles. The molecular formula is C18H14ClNO3. The fraction of sp³-hybridized carbons (Fsp3) is 0.111. The predicted molar refractivity (Wildman–Crippen MR) is 88.0 cm³/mol. The summed E-state index contributed by atoms with van der Waals surface area (Å²) >= 11 is 6.09. The SMILES string of the molecule is O=Cc1ccc(OCCc2nc(-c3ccccc3)oc2Cl)cc1. The molecule has 0 radical (unpaired) electrons. The van der Waals surface area contributed by atoms with Crippen LogP contribution in [-0.2, 0) is 6.42 Å². The number of benzene rings is 2. The monoisotopic (exact) mass is 327 g/mol. The molecule has 5 heteroatoms. The number of rotatable bonds is 6. The van der Waals surface area contributed by atoms with Gasteiger partial charge in [0, 0.05) is 17.5 Å². The van der Waals surface area contributed by atoms with Gasteiger partial charge in [0.1, 0.15) is 17.7 Å². The van der Waals surface area contributed by atoms with Gasteiger partial charge in [-0.05, 0) is 48.0 Å². The van der Waals surface area contributed by atoms with Gasteiger partial charge in [-0.15, -0.1) is 0 Å². The molecule has 0 N–H and O–H groups in total. The summed E-state index contributed by atoms with van der Waals surface area (Å²) in [6, 6.07) is 16.5. The Hall–Kier alpha value is -2.59. The van der Waals surface area contributed by atoms with E-state index in [-0.39, 0.29) is 5.22 Å². The second-order valence-electron chi connectivity index (χ2n) is 4.89. The molecule has 0 aliphatic carbocycles. The van der Waals surface area contributed by atoms with Crippen molar-refractivity contribution in [2.75, 3.05) is 6.61 Å². The molecular weight excluding hydrogens is 314 g/mol. The van der Waals surface area contributed by atoms with Crippen LogP contribution in [0.15, 0.2) is 59.0 Å². The maximum Gasteiger partial charge on any atom is 0.228 e. The molecule has 116 valence electrons. The Kier molecular flexibility index (Phi) is 4.74. The van der Waals surface area contributed by atoms with Gasteiger partial charge in [-0.1, -0.05) is 18.2 Å². The van der Waals surface area contributed by atoms with E-state index < -0.39 is 0 Å². The van der Waals surface area contributed by atoms with Crippen LogP contribution in [0.1, 0.15) is 16.1 Å². The first kappa shape index (κ1) is 15.3. The molecule has 0 bridgehead atoms. The summed E-state index contributed by atoms with van der Waals surface area (Å²) in [6.07, 6.45) is 1.33. The molecule has 0 amide bonds. The lowest BCUT2D eigenvalue weighted by Gasteiger charge is -2.04. The van der Waals surface area contributed by atoms with Crippen molar-refractivity contribution in [1.82, 2.24) is 4.98 Å². The summed E-state index contributed by atoms with van der Waals surface area (Å²) in [6.45, 7) is 0.418. The van der Waals surface area contributed by atoms with E-state index >= 15 is 0 Å². The third kappa shape index (κ3) is 3.79. The third-order valence-electron chi connectivity index (χ3n) is 3.29. The Labute approximate surface area is 138 Å². The number of hydrogen-bond acceptors (Lipinski definition) is 4. The normalized spacial score (nSPS) is 10.5. The number of oxazole rings is 1. The van der Waals surface area contributed by atoms with Gasteiger partial charge in [-0.25, -0.2) is 4.98 Å². The number of carbonyl (C=O) groups excluding carboxylic acids is 1. The highest BCUT2D eigenvalue weighted by atomic mass is 35.5. The summed E-state index contributed by atoms with van der Waals surface area (Å²) in [5.74, 6) is 1.19. The summed E-state index contributed by atoms with van der Waals surface area (Å²) in [5, 5.41) is 0.281. The van der Waals surface area contributed by atoms with Crippen molar-refractivity contribution in [1.29, 1.82) is 0 Å². The van der Waals surface area contributed by atoms with Crippen molar-refractivity contribution in [2.24, 2.45) is 0 Å². The molecule has 0 saturated carbocycles. The molecule has 23 heavy (non-hydrogen) atoms. The second kappa shape index (κ2) is 7.11. The standard InChI is InChI=1S/C18H14ClNO3/c19-17-16(20-18(23-17)14-4-2-1-3-5-14)10-11-22-15-8-6-13(12-21)7-9-15/h1-9,12H,10-11H2. The molecule has 3 aromatic rings. The fourth-order valence-corrected chi connectivity index (χ4v) is 2.31. The molecule has 1 heterocycles. The fourth-order valence-electron chi connectivity index (χ4n) is 2.10. The van der Waals surface area contributed by atoms with Gasteiger partial charge in [0.15, 0.2) is 0 Å². The highest BCUT2D eigenvalue weighted by Crippen LogP contribution is 2.25. The van der Waals surface area contributed by atoms with Crippen LogP contribution < -0.4 is 4.74 Å². The predicted octanol–water partition coefficient (Wildman–Crippen LogP) is 4.43. The van der Waals surface area contributed by atoms with Gasteiger partial charge < -0.3 is 9.15 Å². The largest absolute Gasteiger partial charge is 0.493 e. The maximum absolute atomic E-state index is 10.6. The number of aldehydes is 1. The molecule has 3 rings (SSSR count). The first-order valence-corrected chi connectivity index (χ1v) is 7.53. The van der Waals surface area contributed by atoms with E-state index in [2.05, 4.69) is 4.98 Å². The molecule has 0 aliphatic rings. The second-order valence-corrected chi connectivity index (χ2v) is 5.23. The average Bonchev–Trinajstić information content (AvgIpc) is 2.97. The highest BCUT2D eigenvalue weighted by Gasteiger charge is 2.12. The zero-order chi connectivity index (χ0) is 16.1. The van der Waals surface area contributed by atoms with E-state index in [9.17, 15) is 4.79 Å². The van der Waals surface area contributed by atoms with Gasteiger partial charge >= 0.3 is 0 Å². The summed E-state index contributed by atoms with van der Waals surface area (Å²) < 4.78 is 11.1. The molecule has 0 atom stereocenters. The first-order valence-electron chi connectivity index (χ1n) is 7.15. The van der Waals surface area contributed by atoms with E-state index in [1.807, 2.05) is 30.3 Å². The molecule has 0 spiro atoms. The first-order chi connectivity index (χ1) is 11.3. The van der Waals surface area contributed by atoms with Crippen molar-refractivity contribution in [3.05, 3.63) is 71.1 Å². The number of hydrogen-bond donors (Lipinski definition) is 0. The highest BCUT2D eigenvalue weighted by molar-refractivity contribution is 6.29. The molecule has 0 unspecified atom stereocenters. The van der Waals surface area contributed by atoms with Gasteiger partial charge in [-0.2, -0.15) is 0 Å². The lowest BCUT2D eigenvalue weighted by atomic mass is 10.2. The number of nitrogens with zero attached hydrogens (tertiary/aromatic N) is 1. The van der Waals surface area contributed by atoms with Crippen LogP contribution in [0.25, 0.3) is 11.5 Å². The Morgan fingerprint density at radius 3 is 2.52 bits per heavy atom. The van der Waals surface area contributed by atoms with E-state index in [0.717, 1.165) is 11.8 Å². The van der Waals surface area contributed by atoms with Gasteiger partial charge in [0.05, 0.1) is 6.61 Å². The van der Waals surface area contributed by atoms with Gasteiger partial charge in [0.25, 0.3) is 0 Å². The van der Waals surface area contributed by atoms with Crippen LogP contribution in [0.5, 0.6) is 5.75 Å². The lowest BCUT2D eigenvalue weighted by molar-refractivity contribution is 0.112. The topological polar surface area (TPSA) is 52.3 Å². The van der Waals surface area contributed by atoms with Crippen LogP contribution in [0.4, 0.5) is 0 Å². The van der Waals surface area contributed by atoms with Crippen molar-refractivity contribution in [3.63, 3.8) is 0 Å². The third-order valence-corrected chi connectivity index (χ3v) is 3.59. The minimum absolute atomic E-state index is 0.281. The number of aromatic nitrogens is 1. The molecule has 0 fully saturated rings. The Morgan fingerprint density at radius 2 is 1.83 bits per heavy atom. The maximum atomic E-state index is 10.6. The Balaban J connectivity index is 1.62. The van der Waals surface area contributed by atoms with E-state index in [1.165, 1.54) is 0 Å². The van der Waals surface area contributed by atoms with Crippen LogP contribution in [0, 0.1) is 0 Å². The Bertz CT molecular complexity index is 782. The van der Waals surface area contributed by atoms with Crippen LogP contribution in [0.3, 0.4) is 0 Å². The van der Waals surface area contributed by atoms with Crippen LogP contribution >= 0.6 is 11.6 Å². The minimum atomic E-state index is 0.281. The van der Waals surface area contributed by atoms with E-state index in [4.69, 9.17) is 20.8 Å².